The van der Waals surface area contributed by atoms with Gasteiger partial charge in [0.2, 0.25) is 15.9 Å². The lowest BCUT2D eigenvalue weighted by atomic mass is 9.82. The molecule has 29 heavy (non-hydrogen) atoms. The third kappa shape index (κ3) is 4.66. The summed E-state index contributed by atoms with van der Waals surface area (Å²) >= 11 is 0. The zero-order chi connectivity index (χ0) is 20.4. The van der Waals surface area contributed by atoms with Crippen molar-refractivity contribution in [3.8, 4) is 5.75 Å². The van der Waals surface area contributed by atoms with Crippen molar-refractivity contribution in [2.24, 2.45) is 5.92 Å². The molecule has 3 atom stereocenters. The van der Waals surface area contributed by atoms with Crippen molar-refractivity contribution in [1.29, 1.82) is 0 Å². The van der Waals surface area contributed by atoms with Gasteiger partial charge in [-0.05, 0) is 69.2 Å². The first-order valence-corrected chi connectivity index (χ1v) is 11.8. The molecule has 0 aromatic heterocycles. The Labute approximate surface area is 170 Å². The van der Waals surface area contributed by atoms with E-state index in [1.54, 1.807) is 24.3 Å². The summed E-state index contributed by atoms with van der Waals surface area (Å²) < 4.78 is 34.3. The van der Waals surface area contributed by atoms with E-state index >= 15 is 0 Å². The number of hydrogen-bond acceptors (Lipinski definition) is 5. The van der Waals surface area contributed by atoms with Gasteiger partial charge in [-0.1, -0.05) is 6.42 Å². The number of carbonyl (C=O) groups is 2. The Kier molecular flexibility index (Phi) is 5.67. The summed E-state index contributed by atoms with van der Waals surface area (Å²) in [5, 5.41) is 4.25. The van der Waals surface area contributed by atoms with Gasteiger partial charge < -0.3 is 10.1 Å². The maximum atomic E-state index is 12.8. The number of imide groups is 1. The number of sulfonamides is 1. The Morgan fingerprint density at radius 3 is 2.41 bits per heavy atom. The summed E-state index contributed by atoms with van der Waals surface area (Å²) in [5.41, 5.74) is 0.476. The predicted molar refractivity (Wildman–Crippen MR) is 108 cm³/mol. The van der Waals surface area contributed by atoms with Gasteiger partial charge in [-0.2, -0.15) is 0 Å². The van der Waals surface area contributed by atoms with Crippen molar-refractivity contribution >= 4 is 27.6 Å². The standard InChI is InChI=1S/C20H27N3O5S/c24-19-17-12-16(10-11-18(17)21-20(25)22-19)29(26,27)23-13-6-8-15(9-7-13)28-14-4-2-1-3-5-14/h6-9,14,16-18,23H,1-5,10-12H2,(H2,21,22,24,25). The third-order valence-electron chi connectivity index (χ3n) is 6.10. The highest BCUT2D eigenvalue weighted by Crippen LogP contribution is 2.32. The van der Waals surface area contributed by atoms with Crippen molar-refractivity contribution in [1.82, 2.24) is 10.6 Å². The zero-order valence-electron chi connectivity index (χ0n) is 16.2. The molecule has 2 saturated carbocycles. The monoisotopic (exact) mass is 421 g/mol. The first-order valence-electron chi connectivity index (χ1n) is 10.3. The Morgan fingerprint density at radius 2 is 1.69 bits per heavy atom. The van der Waals surface area contributed by atoms with Crippen molar-refractivity contribution in [3.05, 3.63) is 24.3 Å². The lowest BCUT2D eigenvalue weighted by Gasteiger charge is -2.38. The van der Waals surface area contributed by atoms with Gasteiger partial charge in [0.1, 0.15) is 5.75 Å². The fourth-order valence-electron chi connectivity index (χ4n) is 4.51. The number of amides is 3. The van der Waals surface area contributed by atoms with Gasteiger partial charge in [0.25, 0.3) is 0 Å². The molecule has 3 fully saturated rings. The number of ether oxygens (including phenoxy) is 1. The normalized spacial score (nSPS) is 28.1. The maximum Gasteiger partial charge on any atom is 0.321 e. The van der Waals surface area contributed by atoms with Crippen LogP contribution in [-0.2, 0) is 14.8 Å². The minimum atomic E-state index is -3.65. The molecule has 0 bridgehead atoms. The van der Waals surface area contributed by atoms with Crippen LogP contribution in [0.25, 0.3) is 0 Å². The van der Waals surface area contributed by atoms with Gasteiger partial charge in [-0.15, -0.1) is 0 Å². The number of benzene rings is 1. The number of carbonyl (C=O) groups excluding carboxylic acids is 2. The highest BCUT2D eigenvalue weighted by molar-refractivity contribution is 7.93. The van der Waals surface area contributed by atoms with E-state index in [0.717, 1.165) is 18.6 Å². The van der Waals surface area contributed by atoms with E-state index in [0.29, 0.717) is 18.5 Å². The number of rotatable bonds is 5. The first kappa shape index (κ1) is 20.0. The molecule has 158 valence electrons. The maximum absolute atomic E-state index is 12.8. The molecule has 1 aromatic carbocycles. The van der Waals surface area contributed by atoms with Crippen LogP contribution in [0, 0.1) is 5.92 Å². The molecule has 1 aliphatic heterocycles. The van der Waals surface area contributed by atoms with Gasteiger partial charge in [-0.25, -0.2) is 13.2 Å². The fourth-order valence-corrected chi connectivity index (χ4v) is 6.05. The summed E-state index contributed by atoms with van der Waals surface area (Å²) in [4.78, 5) is 23.5. The van der Waals surface area contributed by atoms with Crippen LogP contribution in [0.4, 0.5) is 10.5 Å². The van der Waals surface area contributed by atoms with Crippen LogP contribution in [-0.4, -0.2) is 37.8 Å². The molecule has 9 heteroatoms. The predicted octanol–water partition coefficient (Wildman–Crippen LogP) is 2.52. The second kappa shape index (κ2) is 8.22. The molecule has 4 rings (SSSR count). The van der Waals surface area contributed by atoms with Gasteiger partial charge in [0.05, 0.1) is 17.3 Å². The number of anilines is 1. The molecule has 1 saturated heterocycles. The number of fused-ring (bicyclic) bond motifs is 1. The van der Waals surface area contributed by atoms with Crippen molar-refractivity contribution in [2.75, 3.05) is 4.72 Å². The number of hydrogen-bond donors (Lipinski definition) is 3. The van der Waals surface area contributed by atoms with Crippen LogP contribution in [0.5, 0.6) is 5.75 Å². The Balaban J connectivity index is 1.37. The highest BCUT2D eigenvalue weighted by atomic mass is 32.2. The molecule has 3 unspecified atom stereocenters. The van der Waals surface area contributed by atoms with Crippen LogP contribution in [0.1, 0.15) is 51.4 Å². The lowest BCUT2D eigenvalue weighted by molar-refractivity contribution is -0.126. The Morgan fingerprint density at radius 1 is 0.966 bits per heavy atom. The molecule has 1 aromatic rings. The lowest BCUT2D eigenvalue weighted by Crippen LogP contribution is -2.60. The summed E-state index contributed by atoms with van der Waals surface area (Å²) in [6.45, 7) is 0. The van der Waals surface area contributed by atoms with E-state index in [9.17, 15) is 18.0 Å². The van der Waals surface area contributed by atoms with Gasteiger partial charge in [0, 0.05) is 11.7 Å². The van der Waals surface area contributed by atoms with E-state index in [2.05, 4.69) is 15.4 Å². The smallest absolute Gasteiger partial charge is 0.321 e. The molecule has 3 N–H and O–H groups in total. The SMILES string of the molecule is O=C1NC(=O)C2CC(S(=O)(=O)Nc3ccc(OC4CCCCC4)cc3)CCC2N1. The van der Waals surface area contributed by atoms with Gasteiger partial charge >= 0.3 is 6.03 Å². The van der Waals surface area contributed by atoms with E-state index < -0.39 is 33.1 Å². The second-order valence-corrected chi connectivity index (χ2v) is 10.1. The zero-order valence-corrected chi connectivity index (χ0v) is 17.0. The second-order valence-electron chi connectivity index (χ2n) is 8.16. The van der Waals surface area contributed by atoms with E-state index in [-0.39, 0.29) is 18.6 Å². The molecule has 3 aliphatic rings. The topological polar surface area (TPSA) is 114 Å². The Hall–Kier alpha value is -2.29. The molecular weight excluding hydrogens is 394 g/mol. The molecule has 1 heterocycles. The number of urea groups is 1. The molecule has 8 nitrogen and oxygen atoms in total. The van der Waals surface area contributed by atoms with Crippen molar-refractivity contribution in [3.63, 3.8) is 0 Å². The summed E-state index contributed by atoms with van der Waals surface area (Å²) in [6, 6.07) is 6.18. The summed E-state index contributed by atoms with van der Waals surface area (Å²) in [7, 11) is -3.65. The van der Waals surface area contributed by atoms with Gasteiger partial charge in [-0.3, -0.25) is 14.8 Å². The summed E-state index contributed by atoms with van der Waals surface area (Å²) in [6.07, 6.45) is 7.05. The van der Waals surface area contributed by atoms with Crippen LogP contribution in [0.3, 0.4) is 0 Å². The van der Waals surface area contributed by atoms with E-state index in [1.807, 2.05) is 0 Å². The summed E-state index contributed by atoms with van der Waals surface area (Å²) in [5.74, 6) is -0.174. The van der Waals surface area contributed by atoms with E-state index in [1.165, 1.54) is 19.3 Å². The molecule has 3 amide bonds. The van der Waals surface area contributed by atoms with Crippen LogP contribution >= 0.6 is 0 Å². The fraction of sp³-hybridized carbons (Fsp3) is 0.600. The highest BCUT2D eigenvalue weighted by Gasteiger charge is 2.43. The van der Waals surface area contributed by atoms with Crippen LogP contribution in [0.15, 0.2) is 24.3 Å². The largest absolute Gasteiger partial charge is 0.490 e. The van der Waals surface area contributed by atoms with Crippen molar-refractivity contribution < 1.29 is 22.7 Å². The molecular formula is C20H27N3O5S. The van der Waals surface area contributed by atoms with E-state index in [4.69, 9.17) is 4.74 Å². The average Bonchev–Trinajstić information content (AvgIpc) is 2.70. The van der Waals surface area contributed by atoms with Crippen LogP contribution in [0.2, 0.25) is 0 Å². The van der Waals surface area contributed by atoms with Crippen LogP contribution < -0.4 is 20.1 Å². The third-order valence-corrected chi connectivity index (χ3v) is 7.93. The first-order chi connectivity index (χ1) is 13.9. The minimum Gasteiger partial charge on any atom is -0.490 e. The Bertz CT molecular complexity index is 865. The minimum absolute atomic E-state index is 0.189. The van der Waals surface area contributed by atoms with Gasteiger partial charge in [0.15, 0.2) is 0 Å². The van der Waals surface area contributed by atoms with Crippen molar-refractivity contribution in [2.45, 2.75) is 68.8 Å². The quantitative estimate of drug-likeness (QED) is 0.676. The molecule has 0 spiro atoms. The average molecular weight is 422 g/mol. The number of nitrogens with one attached hydrogen (secondary N) is 3. The molecule has 2 aliphatic carbocycles. The molecule has 0 radical (unpaired) electrons.